The van der Waals surface area contributed by atoms with Crippen LogP contribution in [0.3, 0.4) is 0 Å². The maximum atomic E-state index is 13.7. The normalized spacial score (nSPS) is 13.6. The molecule has 0 aliphatic carbocycles. The molecule has 0 saturated carbocycles. The van der Waals surface area contributed by atoms with E-state index in [1.165, 1.54) is 24.5 Å². The molecule has 3 aromatic carbocycles. The van der Waals surface area contributed by atoms with Crippen molar-refractivity contribution in [3.8, 4) is 17.2 Å². The fraction of sp³-hybridized carbons (Fsp3) is 0.207. The van der Waals surface area contributed by atoms with Crippen LogP contribution in [-0.4, -0.2) is 60.2 Å². The number of benzene rings is 3. The zero-order chi connectivity index (χ0) is 27.9. The second-order valence-electron chi connectivity index (χ2n) is 8.91. The highest BCUT2D eigenvalue weighted by Gasteiger charge is 2.15. The van der Waals surface area contributed by atoms with Crippen LogP contribution in [0.5, 0.6) is 17.2 Å². The molecule has 0 bridgehead atoms. The van der Waals surface area contributed by atoms with Gasteiger partial charge in [0, 0.05) is 42.8 Å². The Kier molecular flexibility index (Phi) is 8.70. The number of fused-ring (bicyclic) bond motifs is 1. The Hall–Kier alpha value is -4.25. The van der Waals surface area contributed by atoms with E-state index in [0.29, 0.717) is 59.5 Å². The van der Waals surface area contributed by atoms with E-state index in [0.717, 1.165) is 25.3 Å². The Labute approximate surface area is 235 Å². The number of aromatic nitrogens is 2. The highest BCUT2D eigenvalue weighted by molar-refractivity contribution is 6.30. The van der Waals surface area contributed by atoms with Crippen LogP contribution < -0.4 is 20.1 Å². The number of amides is 1. The standard InChI is InChI=1S/C29H27ClFN5O4/c1-2-28(37)35-26-16-22-25(17-27(26)39-14-11-36-9-12-38-13-10-36)32-18-33-29(22)34-19-3-5-20(6-4-19)40-21-7-8-23(30)24(31)15-21/h2-8,15-18H,1,9-14H2,(H,35,37)(H,32,33,34). The summed E-state index contributed by atoms with van der Waals surface area (Å²) in [7, 11) is 0. The number of carbonyl (C=O) groups is 1. The molecule has 2 heterocycles. The van der Waals surface area contributed by atoms with Gasteiger partial charge in [0.2, 0.25) is 5.91 Å². The first-order valence-electron chi connectivity index (χ1n) is 12.6. The van der Waals surface area contributed by atoms with Gasteiger partial charge in [0.25, 0.3) is 0 Å². The van der Waals surface area contributed by atoms with E-state index >= 15 is 0 Å². The molecule has 0 atom stereocenters. The maximum absolute atomic E-state index is 13.7. The van der Waals surface area contributed by atoms with Gasteiger partial charge >= 0.3 is 0 Å². The van der Waals surface area contributed by atoms with Crippen molar-refractivity contribution in [1.29, 1.82) is 0 Å². The van der Waals surface area contributed by atoms with E-state index < -0.39 is 5.82 Å². The summed E-state index contributed by atoms with van der Waals surface area (Å²) in [6.07, 6.45) is 2.65. The van der Waals surface area contributed by atoms with Crippen molar-refractivity contribution in [3.05, 3.63) is 84.4 Å². The molecular weight excluding hydrogens is 537 g/mol. The molecule has 0 radical (unpaired) electrons. The van der Waals surface area contributed by atoms with Gasteiger partial charge in [-0.25, -0.2) is 14.4 Å². The zero-order valence-electron chi connectivity index (χ0n) is 21.5. The lowest BCUT2D eigenvalue weighted by molar-refractivity contribution is -0.111. The molecule has 1 aliphatic rings. The van der Waals surface area contributed by atoms with Crippen molar-refractivity contribution in [2.75, 3.05) is 50.1 Å². The minimum absolute atomic E-state index is 0.0304. The summed E-state index contributed by atoms with van der Waals surface area (Å²) in [5.74, 6) is 0.977. The predicted molar refractivity (Wildman–Crippen MR) is 152 cm³/mol. The molecule has 0 unspecified atom stereocenters. The fourth-order valence-electron chi connectivity index (χ4n) is 4.11. The SMILES string of the molecule is C=CC(=O)Nc1cc2c(Nc3ccc(Oc4ccc(Cl)c(F)c4)cc3)ncnc2cc1OCCN1CCOCC1. The summed E-state index contributed by atoms with van der Waals surface area (Å²) in [6, 6.07) is 14.9. The van der Waals surface area contributed by atoms with Crippen LogP contribution in [0.2, 0.25) is 5.02 Å². The van der Waals surface area contributed by atoms with Crippen molar-refractivity contribution in [2.45, 2.75) is 0 Å². The average Bonchev–Trinajstić information content (AvgIpc) is 2.97. The minimum Gasteiger partial charge on any atom is -0.490 e. The molecule has 9 nitrogen and oxygen atoms in total. The number of halogens is 2. The Bertz CT molecular complexity index is 1510. The first-order chi connectivity index (χ1) is 19.5. The first kappa shape index (κ1) is 27.3. The lowest BCUT2D eigenvalue weighted by Crippen LogP contribution is -2.38. The summed E-state index contributed by atoms with van der Waals surface area (Å²) in [5.41, 5.74) is 1.86. The van der Waals surface area contributed by atoms with E-state index in [9.17, 15) is 9.18 Å². The van der Waals surface area contributed by atoms with Gasteiger partial charge < -0.3 is 24.8 Å². The molecule has 4 aromatic rings. The zero-order valence-corrected chi connectivity index (χ0v) is 22.3. The third-order valence-electron chi connectivity index (χ3n) is 6.19. The molecule has 0 spiro atoms. The van der Waals surface area contributed by atoms with Gasteiger partial charge in [0.1, 0.15) is 41.8 Å². The maximum Gasteiger partial charge on any atom is 0.247 e. The summed E-state index contributed by atoms with van der Waals surface area (Å²) in [5, 5.41) is 6.81. The molecule has 1 fully saturated rings. The topological polar surface area (TPSA) is 97.8 Å². The number of nitrogens with one attached hydrogen (secondary N) is 2. The van der Waals surface area contributed by atoms with Crippen LogP contribution in [0.25, 0.3) is 10.9 Å². The summed E-state index contributed by atoms with van der Waals surface area (Å²) >= 11 is 5.74. The molecular formula is C29H27ClFN5O4. The third kappa shape index (κ3) is 6.84. The smallest absolute Gasteiger partial charge is 0.247 e. The van der Waals surface area contributed by atoms with Gasteiger partial charge in [-0.15, -0.1) is 0 Å². The van der Waals surface area contributed by atoms with Gasteiger partial charge in [-0.05, 0) is 48.5 Å². The Morgan fingerprint density at radius 2 is 1.88 bits per heavy atom. The average molecular weight is 564 g/mol. The van der Waals surface area contributed by atoms with E-state index in [-0.39, 0.29) is 10.9 Å². The van der Waals surface area contributed by atoms with Gasteiger partial charge in [0.15, 0.2) is 0 Å². The highest BCUT2D eigenvalue weighted by Crippen LogP contribution is 2.34. The second-order valence-corrected chi connectivity index (χ2v) is 9.32. The van der Waals surface area contributed by atoms with Crippen LogP contribution in [0.15, 0.2) is 73.6 Å². The van der Waals surface area contributed by atoms with Crippen LogP contribution in [-0.2, 0) is 9.53 Å². The summed E-state index contributed by atoms with van der Waals surface area (Å²) in [4.78, 5) is 23.2. The number of ether oxygens (including phenoxy) is 3. The van der Waals surface area contributed by atoms with Gasteiger partial charge in [0.05, 0.1) is 29.4 Å². The molecule has 11 heteroatoms. The molecule has 2 N–H and O–H groups in total. The number of anilines is 3. The van der Waals surface area contributed by atoms with E-state index in [1.807, 2.05) is 0 Å². The Morgan fingerprint density at radius 3 is 2.62 bits per heavy atom. The lowest BCUT2D eigenvalue weighted by Gasteiger charge is -2.26. The van der Waals surface area contributed by atoms with E-state index in [4.69, 9.17) is 25.8 Å². The summed E-state index contributed by atoms with van der Waals surface area (Å²) < 4.78 is 30.9. The molecule has 40 heavy (non-hydrogen) atoms. The Morgan fingerprint density at radius 1 is 1.10 bits per heavy atom. The highest BCUT2D eigenvalue weighted by atomic mass is 35.5. The number of morpholine rings is 1. The number of carbonyl (C=O) groups excluding carboxylic acids is 1. The van der Waals surface area contributed by atoms with Crippen LogP contribution in [0, 0.1) is 5.82 Å². The van der Waals surface area contributed by atoms with Crippen LogP contribution >= 0.6 is 11.6 Å². The second kappa shape index (κ2) is 12.7. The fourth-order valence-corrected chi connectivity index (χ4v) is 4.23. The molecule has 206 valence electrons. The number of hydrogen-bond donors (Lipinski definition) is 2. The monoisotopic (exact) mass is 563 g/mol. The van der Waals surface area contributed by atoms with Gasteiger partial charge in [-0.3, -0.25) is 9.69 Å². The Balaban J connectivity index is 1.34. The molecule has 5 rings (SSSR count). The van der Waals surface area contributed by atoms with Crippen molar-refractivity contribution >= 4 is 45.6 Å². The summed E-state index contributed by atoms with van der Waals surface area (Å²) in [6.45, 7) is 7.85. The first-order valence-corrected chi connectivity index (χ1v) is 13.0. The van der Waals surface area contributed by atoms with Crippen LogP contribution in [0.1, 0.15) is 0 Å². The number of nitrogens with zero attached hydrogens (tertiary/aromatic N) is 3. The van der Waals surface area contributed by atoms with Crippen molar-refractivity contribution < 1.29 is 23.4 Å². The number of rotatable bonds is 10. The minimum atomic E-state index is -0.553. The lowest BCUT2D eigenvalue weighted by atomic mass is 10.1. The van der Waals surface area contributed by atoms with Gasteiger partial charge in [-0.2, -0.15) is 0 Å². The van der Waals surface area contributed by atoms with Crippen molar-refractivity contribution in [3.63, 3.8) is 0 Å². The van der Waals surface area contributed by atoms with Gasteiger partial charge in [-0.1, -0.05) is 18.2 Å². The van der Waals surface area contributed by atoms with E-state index in [2.05, 4.69) is 32.1 Å². The van der Waals surface area contributed by atoms with Crippen molar-refractivity contribution in [1.82, 2.24) is 14.9 Å². The largest absolute Gasteiger partial charge is 0.490 e. The predicted octanol–water partition coefficient (Wildman–Crippen LogP) is 5.79. The molecule has 1 aromatic heterocycles. The molecule has 1 amide bonds. The third-order valence-corrected chi connectivity index (χ3v) is 6.50. The molecule has 1 aliphatic heterocycles. The van der Waals surface area contributed by atoms with Crippen molar-refractivity contribution in [2.24, 2.45) is 0 Å². The quantitative estimate of drug-likeness (QED) is 0.234. The van der Waals surface area contributed by atoms with E-state index in [1.54, 1.807) is 42.5 Å². The molecule has 1 saturated heterocycles. The number of hydrogen-bond acceptors (Lipinski definition) is 8. The van der Waals surface area contributed by atoms with Crippen LogP contribution in [0.4, 0.5) is 21.6 Å².